The summed E-state index contributed by atoms with van der Waals surface area (Å²) in [5, 5.41) is 3.83. The van der Waals surface area contributed by atoms with Crippen LogP contribution in [0.4, 0.5) is 4.39 Å². The molecular formula is C15H12BrFN2O2. The molecule has 2 aromatic rings. The fourth-order valence-electron chi connectivity index (χ4n) is 1.47. The molecule has 0 atom stereocenters. The first-order chi connectivity index (χ1) is 10.1. The predicted octanol–water partition coefficient (Wildman–Crippen LogP) is 3.12. The zero-order valence-corrected chi connectivity index (χ0v) is 12.5. The Kier molecular flexibility index (Phi) is 5.45. The quantitative estimate of drug-likeness (QED) is 0.665. The topological polar surface area (TPSA) is 50.7 Å². The van der Waals surface area contributed by atoms with E-state index in [4.69, 9.17) is 4.74 Å². The summed E-state index contributed by atoms with van der Waals surface area (Å²) in [5.41, 5.74) is 3.20. The molecule has 0 aromatic heterocycles. The van der Waals surface area contributed by atoms with E-state index in [0.717, 1.165) is 10.0 Å². The lowest BCUT2D eigenvalue weighted by Gasteiger charge is -2.04. The van der Waals surface area contributed by atoms with E-state index < -0.39 is 5.91 Å². The van der Waals surface area contributed by atoms with Crippen molar-refractivity contribution in [1.29, 1.82) is 0 Å². The molecule has 6 heteroatoms. The van der Waals surface area contributed by atoms with Crippen molar-refractivity contribution >= 4 is 28.1 Å². The van der Waals surface area contributed by atoms with Gasteiger partial charge in [-0.05, 0) is 30.3 Å². The zero-order chi connectivity index (χ0) is 15.1. The summed E-state index contributed by atoms with van der Waals surface area (Å²) >= 11 is 3.37. The summed E-state index contributed by atoms with van der Waals surface area (Å²) in [7, 11) is 0. The highest BCUT2D eigenvalue weighted by molar-refractivity contribution is 9.10. The van der Waals surface area contributed by atoms with Crippen LogP contribution >= 0.6 is 15.9 Å². The summed E-state index contributed by atoms with van der Waals surface area (Å²) in [6.07, 6.45) is 1.53. The number of hydrogen-bond donors (Lipinski definition) is 1. The number of amides is 1. The number of halogens is 2. The van der Waals surface area contributed by atoms with Gasteiger partial charge >= 0.3 is 0 Å². The van der Waals surface area contributed by atoms with Crippen molar-refractivity contribution in [1.82, 2.24) is 5.43 Å². The lowest BCUT2D eigenvalue weighted by atomic mass is 10.2. The van der Waals surface area contributed by atoms with Crippen LogP contribution in [0.15, 0.2) is 58.1 Å². The molecule has 0 aliphatic rings. The van der Waals surface area contributed by atoms with Crippen LogP contribution < -0.4 is 10.2 Å². The molecule has 0 aliphatic heterocycles. The number of hydrogen-bond acceptors (Lipinski definition) is 3. The van der Waals surface area contributed by atoms with E-state index in [2.05, 4.69) is 26.5 Å². The number of rotatable bonds is 5. The maximum absolute atomic E-state index is 12.7. The summed E-state index contributed by atoms with van der Waals surface area (Å²) in [6, 6.07) is 12.9. The van der Waals surface area contributed by atoms with Gasteiger partial charge in [0.15, 0.2) is 6.61 Å². The van der Waals surface area contributed by atoms with E-state index >= 15 is 0 Å². The highest BCUT2D eigenvalue weighted by atomic mass is 79.9. The Labute approximate surface area is 129 Å². The van der Waals surface area contributed by atoms with E-state index in [0.29, 0.717) is 5.75 Å². The van der Waals surface area contributed by atoms with Crippen LogP contribution in [0, 0.1) is 5.82 Å². The largest absolute Gasteiger partial charge is 0.484 e. The molecule has 0 fully saturated rings. The van der Waals surface area contributed by atoms with Gasteiger partial charge in [-0.25, -0.2) is 9.82 Å². The SMILES string of the molecule is O=C(COc1ccc(F)cc1)N/N=C/c1ccccc1Br. The van der Waals surface area contributed by atoms with Gasteiger partial charge in [-0.3, -0.25) is 4.79 Å². The number of ether oxygens (including phenoxy) is 1. The van der Waals surface area contributed by atoms with Crippen LogP contribution in [-0.4, -0.2) is 18.7 Å². The van der Waals surface area contributed by atoms with E-state index in [1.54, 1.807) is 0 Å². The minimum Gasteiger partial charge on any atom is -0.484 e. The number of benzene rings is 2. The monoisotopic (exact) mass is 350 g/mol. The van der Waals surface area contributed by atoms with Crippen molar-refractivity contribution in [3.8, 4) is 5.75 Å². The Morgan fingerprint density at radius 3 is 2.67 bits per heavy atom. The molecule has 0 aliphatic carbocycles. The number of carbonyl (C=O) groups is 1. The fourth-order valence-corrected chi connectivity index (χ4v) is 1.85. The van der Waals surface area contributed by atoms with Crippen molar-refractivity contribution in [2.24, 2.45) is 5.10 Å². The lowest BCUT2D eigenvalue weighted by molar-refractivity contribution is -0.123. The molecule has 0 spiro atoms. The minimum absolute atomic E-state index is 0.196. The van der Waals surface area contributed by atoms with Gasteiger partial charge in [0.1, 0.15) is 11.6 Å². The normalized spacial score (nSPS) is 10.6. The number of carbonyl (C=O) groups excluding carboxylic acids is 1. The highest BCUT2D eigenvalue weighted by Gasteiger charge is 2.01. The van der Waals surface area contributed by atoms with E-state index in [9.17, 15) is 9.18 Å². The average Bonchev–Trinajstić information content (AvgIpc) is 2.49. The second kappa shape index (κ2) is 7.54. The summed E-state index contributed by atoms with van der Waals surface area (Å²) in [6.45, 7) is -0.196. The second-order valence-corrected chi connectivity index (χ2v) is 4.91. The van der Waals surface area contributed by atoms with Crippen LogP contribution in [0.1, 0.15) is 5.56 Å². The Bertz CT molecular complexity index is 644. The Morgan fingerprint density at radius 1 is 1.24 bits per heavy atom. The molecule has 2 aromatic carbocycles. The average molecular weight is 351 g/mol. The van der Waals surface area contributed by atoms with Gasteiger partial charge in [-0.1, -0.05) is 34.1 Å². The van der Waals surface area contributed by atoms with E-state index in [-0.39, 0.29) is 12.4 Å². The van der Waals surface area contributed by atoms with E-state index in [1.807, 2.05) is 24.3 Å². The van der Waals surface area contributed by atoms with Crippen LogP contribution in [-0.2, 0) is 4.79 Å². The third kappa shape index (κ3) is 5.00. The van der Waals surface area contributed by atoms with Gasteiger partial charge in [-0.15, -0.1) is 0 Å². The Hall–Kier alpha value is -2.21. The molecule has 0 unspecified atom stereocenters. The maximum Gasteiger partial charge on any atom is 0.277 e. The van der Waals surface area contributed by atoms with Crippen molar-refractivity contribution in [3.05, 3.63) is 64.4 Å². The summed E-state index contributed by atoms with van der Waals surface area (Å²) in [5.74, 6) is -0.339. The first-order valence-electron chi connectivity index (χ1n) is 6.10. The molecule has 0 bridgehead atoms. The second-order valence-electron chi connectivity index (χ2n) is 4.06. The first kappa shape index (κ1) is 15.2. The van der Waals surface area contributed by atoms with Crippen LogP contribution in [0.5, 0.6) is 5.75 Å². The maximum atomic E-state index is 12.7. The van der Waals surface area contributed by atoms with Gasteiger partial charge in [0.05, 0.1) is 6.21 Å². The molecular weight excluding hydrogens is 339 g/mol. The lowest BCUT2D eigenvalue weighted by Crippen LogP contribution is -2.24. The molecule has 1 N–H and O–H groups in total. The van der Waals surface area contributed by atoms with Crippen molar-refractivity contribution in [2.75, 3.05) is 6.61 Å². The van der Waals surface area contributed by atoms with Gasteiger partial charge in [-0.2, -0.15) is 5.10 Å². The summed E-state index contributed by atoms with van der Waals surface area (Å²) in [4.78, 5) is 11.5. The van der Waals surface area contributed by atoms with Gasteiger partial charge in [0.2, 0.25) is 0 Å². The van der Waals surface area contributed by atoms with Crippen molar-refractivity contribution < 1.29 is 13.9 Å². The van der Waals surface area contributed by atoms with Gasteiger partial charge in [0.25, 0.3) is 5.91 Å². The number of nitrogens with zero attached hydrogens (tertiary/aromatic N) is 1. The smallest absolute Gasteiger partial charge is 0.277 e. The standard InChI is InChI=1S/C15H12BrFN2O2/c16-14-4-2-1-3-11(14)9-18-19-15(20)10-21-13-7-5-12(17)6-8-13/h1-9H,10H2,(H,19,20)/b18-9+. The highest BCUT2D eigenvalue weighted by Crippen LogP contribution is 2.13. The number of nitrogens with one attached hydrogen (secondary N) is 1. The third-order valence-corrected chi connectivity index (χ3v) is 3.20. The van der Waals surface area contributed by atoms with Crippen LogP contribution in [0.2, 0.25) is 0 Å². The molecule has 0 saturated heterocycles. The minimum atomic E-state index is -0.400. The van der Waals surface area contributed by atoms with Crippen LogP contribution in [0.25, 0.3) is 0 Å². The van der Waals surface area contributed by atoms with Gasteiger partial charge < -0.3 is 4.74 Å². The fraction of sp³-hybridized carbons (Fsp3) is 0.0667. The van der Waals surface area contributed by atoms with Gasteiger partial charge in [0, 0.05) is 10.0 Å². The molecule has 0 radical (unpaired) electrons. The predicted molar refractivity (Wildman–Crippen MR) is 81.8 cm³/mol. The molecule has 4 nitrogen and oxygen atoms in total. The molecule has 2 rings (SSSR count). The van der Waals surface area contributed by atoms with Crippen molar-refractivity contribution in [2.45, 2.75) is 0 Å². The molecule has 108 valence electrons. The molecule has 1 amide bonds. The number of hydrazone groups is 1. The first-order valence-corrected chi connectivity index (χ1v) is 6.89. The molecule has 0 saturated carbocycles. The molecule has 21 heavy (non-hydrogen) atoms. The summed E-state index contributed by atoms with van der Waals surface area (Å²) < 4.78 is 18.8. The Balaban J connectivity index is 1.80. The van der Waals surface area contributed by atoms with Crippen molar-refractivity contribution in [3.63, 3.8) is 0 Å². The molecule has 0 heterocycles. The van der Waals surface area contributed by atoms with Crippen LogP contribution in [0.3, 0.4) is 0 Å². The zero-order valence-electron chi connectivity index (χ0n) is 10.9. The van der Waals surface area contributed by atoms with E-state index in [1.165, 1.54) is 30.5 Å². The Morgan fingerprint density at radius 2 is 1.95 bits per heavy atom. The third-order valence-electron chi connectivity index (χ3n) is 2.48.